The fourth-order valence-corrected chi connectivity index (χ4v) is 5.38. The van der Waals surface area contributed by atoms with Crippen molar-refractivity contribution < 1.29 is 48.7 Å². The summed E-state index contributed by atoms with van der Waals surface area (Å²) in [6.45, 7) is 7.05. The molecule has 2 amide bonds. The monoisotopic (exact) mass is 600 g/mol. The first-order chi connectivity index (χ1) is 20.3. The number of hydrogen-bond acceptors (Lipinski definition) is 10. The van der Waals surface area contributed by atoms with Crippen molar-refractivity contribution in [3.8, 4) is 11.1 Å². The molecule has 0 saturated carbocycles. The summed E-state index contributed by atoms with van der Waals surface area (Å²) in [5, 5.41) is 35.5. The van der Waals surface area contributed by atoms with E-state index in [9.17, 15) is 29.7 Å². The van der Waals surface area contributed by atoms with Crippen LogP contribution in [0, 0.1) is 0 Å². The normalized spacial score (nSPS) is 24.7. The zero-order valence-electron chi connectivity index (χ0n) is 24.9. The van der Waals surface area contributed by atoms with Crippen molar-refractivity contribution in [2.45, 2.75) is 88.9 Å². The summed E-state index contributed by atoms with van der Waals surface area (Å²) in [6, 6.07) is 13.1. The molecule has 2 aliphatic rings. The number of hydrogen-bond donors (Lipinski definition) is 5. The van der Waals surface area contributed by atoms with Gasteiger partial charge in [0.1, 0.15) is 36.6 Å². The van der Waals surface area contributed by atoms with Crippen molar-refractivity contribution in [2.75, 3.05) is 13.2 Å². The van der Waals surface area contributed by atoms with Crippen LogP contribution in [0.5, 0.6) is 0 Å². The van der Waals surface area contributed by atoms with Crippen LogP contribution in [0.2, 0.25) is 0 Å². The number of amides is 2. The van der Waals surface area contributed by atoms with Crippen LogP contribution >= 0.6 is 0 Å². The molecule has 1 aliphatic carbocycles. The zero-order valence-corrected chi connectivity index (χ0v) is 24.9. The number of aliphatic hydroxyl groups excluding tert-OH is 3. The van der Waals surface area contributed by atoms with Gasteiger partial charge in [0.25, 0.3) is 0 Å². The van der Waals surface area contributed by atoms with E-state index in [1.807, 2.05) is 48.5 Å². The highest BCUT2D eigenvalue weighted by Gasteiger charge is 2.47. The Hall–Kier alpha value is -3.55. The quantitative estimate of drug-likeness (QED) is 0.266. The molecule has 0 bridgehead atoms. The lowest BCUT2D eigenvalue weighted by atomic mass is 9.96. The van der Waals surface area contributed by atoms with E-state index in [-0.39, 0.29) is 12.5 Å². The van der Waals surface area contributed by atoms with Crippen LogP contribution in [0.1, 0.15) is 51.7 Å². The van der Waals surface area contributed by atoms with Gasteiger partial charge in [0.05, 0.1) is 12.7 Å². The van der Waals surface area contributed by atoms with Crippen LogP contribution in [-0.4, -0.2) is 94.9 Å². The van der Waals surface area contributed by atoms with E-state index >= 15 is 0 Å². The van der Waals surface area contributed by atoms with Gasteiger partial charge in [-0.3, -0.25) is 4.79 Å². The molecule has 0 unspecified atom stereocenters. The number of alkyl carbamates (subject to hydrolysis) is 1. The SMILES string of the molecule is CC(=O)N[C@H]1[C@@H](O[C@H](C)[C@H](NC(=O)OCC2c3ccccc3-c3ccccc32)C(=O)OC(C)(C)C)O[C@H](CO)[C@H](O)[C@@H]1O. The van der Waals surface area contributed by atoms with Crippen molar-refractivity contribution in [2.24, 2.45) is 0 Å². The number of esters is 1. The van der Waals surface area contributed by atoms with E-state index < -0.39 is 73.0 Å². The Morgan fingerprint density at radius 3 is 2.09 bits per heavy atom. The van der Waals surface area contributed by atoms with Crippen molar-refractivity contribution in [3.63, 3.8) is 0 Å². The minimum Gasteiger partial charge on any atom is -0.458 e. The second kappa shape index (κ2) is 13.4. The molecule has 0 spiro atoms. The molecule has 1 aliphatic heterocycles. The number of carbonyl (C=O) groups is 3. The number of benzene rings is 2. The van der Waals surface area contributed by atoms with Gasteiger partial charge in [0.2, 0.25) is 5.91 Å². The van der Waals surface area contributed by atoms with E-state index in [0.29, 0.717) is 0 Å². The highest BCUT2D eigenvalue weighted by molar-refractivity contribution is 5.83. The highest BCUT2D eigenvalue weighted by Crippen LogP contribution is 2.44. The Morgan fingerprint density at radius 1 is 0.977 bits per heavy atom. The number of rotatable bonds is 9. The average Bonchev–Trinajstić information content (AvgIpc) is 3.26. The average molecular weight is 601 g/mol. The third kappa shape index (κ3) is 7.51. The first-order valence-electron chi connectivity index (χ1n) is 14.2. The topological polar surface area (TPSA) is 173 Å². The smallest absolute Gasteiger partial charge is 0.407 e. The lowest BCUT2D eigenvalue weighted by molar-refractivity contribution is -0.282. The molecule has 0 radical (unpaired) electrons. The van der Waals surface area contributed by atoms with Crippen LogP contribution in [0.4, 0.5) is 4.79 Å². The van der Waals surface area contributed by atoms with Gasteiger partial charge in [0.15, 0.2) is 12.3 Å². The molecule has 1 saturated heterocycles. The Balaban J connectivity index is 1.50. The van der Waals surface area contributed by atoms with Crippen molar-refractivity contribution in [1.82, 2.24) is 10.6 Å². The number of fused-ring (bicyclic) bond motifs is 3. The van der Waals surface area contributed by atoms with E-state index in [1.54, 1.807) is 20.8 Å². The van der Waals surface area contributed by atoms with Crippen LogP contribution in [0.3, 0.4) is 0 Å². The molecule has 7 atom stereocenters. The Morgan fingerprint density at radius 2 is 1.56 bits per heavy atom. The fourth-order valence-electron chi connectivity index (χ4n) is 5.38. The molecule has 2 aromatic carbocycles. The van der Waals surface area contributed by atoms with Gasteiger partial charge < -0.3 is 44.9 Å². The first kappa shape index (κ1) is 32.4. The molecule has 5 N–H and O–H groups in total. The van der Waals surface area contributed by atoms with Gasteiger partial charge in [-0.25, -0.2) is 9.59 Å². The summed E-state index contributed by atoms with van der Waals surface area (Å²) in [7, 11) is 0. The Bertz CT molecular complexity index is 1270. The molecule has 0 aromatic heterocycles. The number of aliphatic hydroxyl groups is 3. The predicted octanol–water partition coefficient (Wildman–Crippen LogP) is 1.58. The van der Waals surface area contributed by atoms with Gasteiger partial charge >= 0.3 is 12.1 Å². The lowest BCUT2D eigenvalue weighted by Gasteiger charge is -2.43. The second-order valence-corrected chi connectivity index (χ2v) is 11.8. The zero-order chi connectivity index (χ0) is 31.5. The molecule has 2 aromatic rings. The summed E-state index contributed by atoms with van der Waals surface area (Å²) in [5.41, 5.74) is 3.27. The van der Waals surface area contributed by atoms with E-state index in [1.165, 1.54) is 13.8 Å². The molecule has 4 rings (SSSR count). The summed E-state index contributed by atoms with van der Waals surface area (Å²) < 4.78 is 22.7. The summed E-state index contributed by atoms with van der Waals surface area (Å²) >= 11 is 0. The predicted molar refractivity (Wildman–Crippen MR) is 154 cm³/mol. The third-order valence-corrected chi connectivity index (χ3v) is 7.35. The molecule has 43 heavy (non-hydrogen) atoms. The van der Waals surface area contributed by atoms with Gasteiger partial charge in [0, 0.05) is 12.8 Å². The molecular formula is C31H40N2O10. The number of nitrogens with one attached hydrogen (secondary N) is 2. The molecule has 234 valence electrons. The second-order valence-electron chi connectivity index (χ2n) is 11.8. The third-order valence-electron chi connectivity index (χ3n) is 7.35. The van der Waals surface area contributed by atoms with Gasteiger partial charge in [-0.05, 0) is 49.9 Å². The van der Waals surface area contributed by atoms with Crippen LogP contribution in [0.15, 0.2) is 48.5 Å². The molecule has 1 fully saturated rings. The minimum absolute atomic E-state index is 0.00867. The summed E-state index contributed by atoms with van der Waals surface area (Å²) in [6.07, 6.45) is -7.73. The van der Waals surface area contributed by atoms with Crippen molar-refractivity contribution in [3.05, 3.63) is 59.7 Å². The Labute approximate surface area is 250 Å². The largest absolute Gasteiger partial charge is 0.458 e. The molecule has 12 heteroatoms. The summed E-state index contributed by atoms with van der Waals surface area (Å²) in [4.78, 5) is 38.2. The van der Waals surface area contributed by atoms with Crippen LogP contribution in [0.25, 0.3) is 11.1 Å². The Kier molecular flexibility index (Phi) is 10.1. The molecular weight excluding hydrogens is 560 g/mol. The van der Waals surface area contributed by atoms with Gasteiger partial charge in [-0.2, -0.15) is 0 Å². The van der Waals surface area contributed by atoms with E-state index in [2.05, 4.69) is 10.6 Å². The van der Waals surface area contributed by atoms with Crippen LogP contribution < -0.4 is 10.6 Å². The van der Waals surface area contributed by atoms with Gasteiger partial charge in [-0.15, -0.1) is 0 Å². The van der Waals surface area contributed by atoms with Crippen LogP contribution in [-0.2, 0) is 28.5 Å². The first-order valence-corrected chi connectivity index (χ1v) is 14.2. The highest BCUT2D eigenvalue weighted by atomic mass is 16.7. The lowest BCUT2D eigenvalue weighted by Crippen LogP contribution is -2.65. The number of ether oxygens (including phenoxy) is 4. The number of carbonyl (C=O) groups excluding carboxylic acids is 3. The van der Waals surface area contributed by atoms with E-state index in [0.717, 1.165) is 22.3 Å². The van der Waals surface area contributed by atoms with Crippen molar-refractivity contribution in [1.29, 1.82) is 0 Å². The maximum Gasteiger partial charge on any atom is 0.407 e. The minimum atomic E-state index is -1.55. The fraction of sp³-hybridized carbons (Fsp3) is 0.516. The van der Waals surface area contributed by atoms with Crippen molar-refractivity contribution >= 4 is 18.0 Å². The van der Waals surface area contributed by atoms with E-state index in [4.69, 9.17) is 18.9 Å². The summed E-state index contributed by atoms with van der Waals surface area (Å²) in [5.74, 6) is -1.56. The van der Waals surface area contributed by atoms with Gasteiger partial charge in [-0.1, -0.05) is 48.5 Å². The maximum absolute atomic E-state index is 13.2. The molecule has 12 nitrogen and oxygen atoms in total. The maximum atomic E-state index is 13.2. The standard InChI is InChI=1S/C31H40N2O10/c1-16(41-29-25(32-17(2)35)27(37)26(36)23(14-34)42-29)24(28(38)43-31(3,4)5)33-30(39)40-15-22-20-12-8-6-10-18(20)19-11-7-9-13-21(19)22/h6-13,16,22-27,29,34,36-37H,14-15H2,1-5H3,(H,32,35)(H,33,39)/t16-,23-,24+,25-,26+,27-,29+/m1/s1. The molecule has 1 heterocycles.